The maximum atomic E-state index is 12.0. The summed E-state index contributed by atoms with van der Waals surface area (Å²) in [7, 11) is 1.38. The summed E-state index contributed by atoms with van der Waals surface area (Å²) >= 11 is 5.95. The Morgan fingerprint density at radius 2 is 1.91 bits per heavy atom. The number of carbonyl (C=O) groups excluding carboxylic acids is 2. The van der Waals surface area contributed by atoms with Crippen LogP contribution in [0.5, 0.6) is 0 Å². The van der Waals surface area contributed by atoms with Gasteiger partial charge in [-0.2, -0.15) is 0 Å². The van der Waals surface area contributed by atoms with Crippen LogP contribution in [-0.2, 0) is 14.3 Å². The molecule has 3 rings (SSSR count). The van der Waals surface area contributed by atoms with Crippen molar-refractivity contribution < 1.29 is 14.3 Å². The monoisotopic (exact) mass is 316 g/mol. The van der Waals surface area contributed by atoms with E-state index in [4.69, 9.17) is 16.3 Å². The van der Waals surface area contributed by atoms with Gasteiger partial charge in [0.15, 0.2) is 0 Å². The standard InChI is InChI=1S/C18H17ClO3/c1-22-18(21)16-9-8-14(11-2-4-12(19)5-3-11)15-7-6-13(20)10-17(15)16/h2-5,8-9,15,17H,6-7,10H2,1H3/t15-,17-/m1/s1. The first-order valence-corrected chi connectivity index (χ1v) is 7.75. The fourth-order valence-corrected chi connectivity index (χ4v) is 3.55. The van der Waals surface area contributed by atoms with Crippen molar-refractivity contribution in [1.29, 1.82) is 0 Å². The number of methoxy groups -OCH3 is 1. The van der Waals surface area contributed by atoms with E-state index in [2.05, 4.69) is 0 Å². The van der Waals surface area contributed by atoms with E-state index >= 15 is 0 Å². The number of Topliss-reactive ketones (excluding diaryl/α,β-unsaturated/α-hetero) is 1. The van der Waals surface area contributed by atoms with E-state index in [1.807, 2.05) is 30.3 Å². The van der Waals surface area contributed by atoms with E-state index < -0.39 is 0 Å². The van der Waals surface area contributed by atoms with Gasteiger partial charge in [0, 0.05) is 29.4 Å². The Balaban J connectivity index is 2.01. The van der Waals surface area contributed by atoms with Crippen molar-refractivity contribution in [2.75, 3.05) is 7.11 Å². The maximum absolute atomic E-state index is 12.0. The summed E-state index contributed by atoms with van der Waals surface area (Å²) in [5, 5.41) is 0.696. The molecule has 1 aromatic carbocycles. The fourth-order valence-electron chi connectivity index (χ4n) is 3.42. The van der Waals surface area contributed by atoms with Crippen LogP contribution in [0.3, 0.4) is 0 Å². The summed E-state index contributed by atoms with van der Waals surface area (Å²) in [6, 6.07) is 7.69. The smallest absolute Gasteiger partial charge is 0.334 e. The van der Waals surface area contributed by atoms with Gasteiger partial charge in [0.25, 0.3) is 0 Å². The highest BCUT2D eigenvalue weighted by Crippen LogP contribution is 2.44. The Morgan fingerprint density at radius 1 is 1.18 bits per heavy atom. The molecular formula is C18H17ClO3. The highest BCUT2D eigenvalue weighted by Gasteiger charge is 2.38. The van der Waals surface area contributed by atoms with Gasteiger partial charge < -0.3 is 4.74 Å². The molecule has 1 aromatic rings. The molecule has 3 nitrogen and oxygen atoms in total. The van der Waals surface area contributed by atoms with E-state index in [1.165, 1.54) is 12.7 Å². The lowest BCUT2D eigenvalue weighted by Crippen LogP contribution is -2.32. The highest BCUT2D eigenvalue weighted by atomic mass is 35.5. The average molecular weight is 317 g/mol. The number of ether oxygens (including phenoxy) is 1. The Hall–Kier alpha value is -1.87. The number of hydrogen-bond donors (Lipinski definition) is 0. The molecule has 0 saturated heterocycles. The normalized spacial score (nSPS) is 24.2. The van der Waals surface area contributed by atoms with Gasteiger partial charge in [0.05, 0.1) is 7.11 Å². The summed E-state index contributed by atoms with van der Waals surface area (Å²) in [5.41, 5.74) is 2.87. The summed E-state index contributed by atoms with van der Waals surface area (Å²) < 4.78 is 4.87. The van der Waals surface area contributed by atoms with Crippen LogP contribution in [0.25, 0.3) is 5.57 Å². The minimum atomic E-state index is -0.337. The van der Waals surface area contributed by atoms with Gasteiger partial charge in [-0.3, -0.25) is 4.79 Å². The Labute approximate surface area is 134 Å². The minimum Gasteiger partial charge on any atom is -0.466 e. The molecule has 114 valence electrons. The van der Waals surface area contributed by atoms with Gasteiger partial charge in [-0.15, -0.1) is 0 Å². The molecule has 0 spiro atoms. The number of halogens is 1. The lowest BCUT2D eigenvalue weighted by Gasteiger charge is -2.36. The van der Waals surface area contributed by atoms with Crippen LogP contribution in [0.15, 0.2) is 42.0 Å². The molecular weight excluding hydrogens is 300 g/mol. The second-order valence-electron chi connectivity index (χ2n) is 5.74. The van der Waals surface area contributed by atoms with Crippen molar-refractivity contribution >= 4 is 28.9 Å². The van der Waals surface area contributed by atoms with Crippen LogP contribution in [0, 0.1) is 11.8 Å². The number of allylic oxidation sites excluding steroid dienone is 3. The van der Waals surface area contributed by atoms with Crippen LogP contribution in [0.2, 0.25) is 5.02 Å². The number of fused-ring (bicyclic) bond motifs is 1. The number of ketones is 1. The van der Waals surface area contributed by atoms with E-state index in [-0.39, 0.29) is 23.6 Å². The third-order valence-electron chi connectivity index (χ3n) is 4.51. The first-order chi connectivity index (χ1) is 10.6. The highest BCUT2D eigenvalue weighted by molar-refractivity contribution is 6.30. The third-order valence-corrected chi connectivity index (χ3v) is 4.76. The van der Waals surface area contributed by atoms with Crippen molar-refractivity contribution in [3.05, 3.63) is 52.6 Å². The molecule has 22 heavy (non-hydrogen) atoms. The summed E-state index contributed by atoms with van der Waals surface area (Å²) in [6.45, 7) is 0. The topological polar surface area (TPSA) is 43.4 Å². The molecule has 2 aliphatic carbocycles. The van der Waals surface area contributed by atoms with Gasteiger partial charge in [-0.25, -0.2) is 4.79 Å². The van der Waals surface area contributed by atoms with Gasteiger partial charge in [-0.1, -0.05) is 35.9 Å². The summed E-state index contributed by atoms with van der Waals surface area (Å²) in [5.74, 6) is -0.0214. The molecule has 0 radical (unpaired) electrons. The fraction of sp³-hybridized carbons (Fsp3) is 0.333. The van der Waals surface area contributed by atoms with Gasteiger partial charge in [-0.05, 0) is 35.6 Å². The third kappa shape index (κ3) is 2.73. The van der Waals surface area contributed by atoms with E-state index in [0.29, 0.717) is 23.4 Å². The Kier molecular flexibility index (Phi) is 4.16. The largest absolute Gasteiger partial charge is 0.466 e. The van der Waals surface area contributed by atoms with Gasteiger partial charge in [0.1, 0.15) is 5.78 Å². The van der Waals surface area contributed by atoms with Crippen molar-refractivity contribution in [2.24, 2.45) is 11.8 Å². The van der Waals surface area contributed by atoms with Gasteiger partial charge in [0.2, 0.25) is 0 Å². The second-order valence-corrected chi connectivity index (χ2v) is 6.17. The summed E-state index contributed by atoms with van der Waals surface area (Å²) in [4.78, 5) is 23.8. The zero-order valence-corrected chi connectivity index (χ0v) is 13.1. The Bertz CT molecular complexity index is 670. The van der Waals surface area contributed by atoms with E-state index in [0.717, 1.165) is 12.0 Å². The van der Waals surface area contributed by atoms with Crippen molar-refractivity contribution in [2.45, 2.75) is 19.3 Å². The molecule has 1 saturated carbocycles. The molecule has 0 aromatic heterocycles. The quantitative estimate of drug-likeness (QED) is 0.779. The number of rotatable bonds is 2. The second kappa shape index (κ2) is 6.09. The lowest BCUT2D eigenvalue weighted by atomic mass is 9.67. The lowest BCUT2D eigenvalue weighted by molar-refractivity contribution is -0.137. The molecule has 0 aliphatic heterocycles. The predicted octanol–water partition coefficient (Wildman–Crippen LogP) is 3.82. The molecule has 2 aliphatic rings. The molecule has 2 atom stereocenters. The number of hydrogen-bond acceptors (Lipinski definition) is 3. The van der Waals surface area contributed by atoms with Crippen LogP contribution in [-0.4, -0.2) is 18.9 Å². The average Bonchev–Trinajstić information content (AvgIpc) is 2.54. The number of benzene rings is 1. The summed E-state index contributed by atoms with van der Waals surface area (Å²) in [6.07, 6.45) is 5.53. The van der Waals surface area contributed by atoms with Gasteiger partial charge >= 0.3 is 5.97 Å². The Morgan fingerprint density at radius 3 is 2.59 bits per heavy atom. The first kappa shape index (κ1) is 15.0. The van der Waals surface area contributed by atoms with E-state index in [9.17, 15) is 9.59 Å². The zero-order chi connectivity index (χ0) is 15.7. The van der Waals surface area contributed by atoms with Crippen LogP contribution in [0.1, 0.15) is 24.8 Å². The molecule has 0 unspecified atom stereocenters. The minimum absolute atomic E-state index is 0.0793. The van der Waals surface area contributed by atoms with E-state index in [1.54, 1.807) is 6.08 Å². The van der Waals surface area contributed by atoms with Crippen molar-refractivity contribution in [3.8, 4) is 0 Å². The zero-order valence-electron chi connectivity index (χ0n) is 12.3. The first-order valence-electron chi connectivity index (χ1n) is 7.38. The molecule has 1 fully saturated rings. The number of esters is 1. The van der Waals surface area contributed by atoms with Crippen molar-refractivity contribution in [1.82, 2.24) is 0 Å². The van der Waals surface area contributed by atoms with Crippen LogP contribution < -0.4 is 0 Å². The molecule has 0 heterocycles. The SMILES string of the molecule is COC(=O)C1=CC=C(c2ccc(Cl)cc2)[C@H]2CCC(=O)C[C@@H]12. The number of carbonyl (C=O) groups is 2. The predicted molar refractivity (Wildman–Crippen MR) is 85.4 cm³/mol. The molecule has 4 heteroatoms. The molecule has 0 bridgehead atoms. The molecule has 0 N–H and O–H groups in total. The van der Waals surface area contributed by atoms with Crippen molar-refractivity contribution in [3.63, 3.8) is 0 Å². The molecule has 0 amide bonds. The maximum Gasteiger partial charge on any atom is 0.334 e. The van der Waals surface area contributed by atoms with Crippen LogP contribution >= 0.6 is 11.6 Å². The van der Waals surface area contributed by atoms with Crippen LogP contribution in [0.4, 0.5) is 0 Å².